The largest absolute Gasteiger partial charge is 0.475 e. The van der Waals surface area contributed by atoms with Gasteiger partial charge in [0, 0.05) is 30.7 Å². The maximum absolute atomic E-state index is 11.9. The van der Waals surface area contributed by atoms with Gasteiger partial charge in [-0.05, 0) is 43.0 Å². The van der Waals surface area contributed by atoms with Gasteiger partial charge in [-0.3, -0.25) is 4.79 Å². The molecule has 6 nitrogen and oxygen atoms in total. The first-order valence-electron chi connectivity index (χ1n) is 7.26. The van der Waals surface area contributed by atoms with E-state index in [1.54, 1.807) is 18.2 Å². The van der Waals surface area contributed by atoms with Crippen LogP contribution >= 0.6 is 0 Å². The third-order valence-electron chi connectivity index (χ3n) is 3.81. The third kappa shape index (κ3) is 3.28. The standard InChI is InChI=1S/C16H17NO5/c18-15(4-1-10-5-6-21-9-10)17-12-2-3-13-11(7-12)8-14(22-13)16(19)20/h2-3,7-8,10H,1,4-6,9H2,(H,17,18)(H,19,20). The first-order valence-corrected chi connectivity index (χ1v) is 7.26. The smallest absolute Gasteiger partial charge is 0.371 e. The highest BCUT2D eigenvalue weighted by Crippen LogP contribution is 2.24. The number of benzene rings is 1. The zero-order valence-electron chi connectivity index (χ0n) is 12.0. The maximum atomic E-state index is 11.9. The molecule has 6 heteroatoms. The number of hydrogen-bond acceptors (Lipinski definition) is 4. The molecule has 1 saturated heterocycles. The number of nitrogens with one attached hydrogen (secondary N) is 1. The van der Waals surface area contributed by atoms with Crippen LogP contribution in [0.2, 0.25) is 0 Å². The van der Waals surface area contributed by atoms with Crippen LogP contribution in [-0.4, -0.2) is 30.2 Å². The van der Waals surface area contributed by atoms with E-state index in [1.807, 2.05) is 0 Å². The Bertz CT molecular complexity index is 700. The van der Waals surface area contributed by atoms with Crippen molar-refractivity contribution in [3.05, 3.63) is 30.0 Å². The fourth-order valence-corrected chi connectivity index (χ4v) is 2.60. The Morgan fingerprint density at radius 2 is 2.18 bits per heavy atom. The topological polar surface area (TPSA) is 88.8 Å². The van der Waals surface area contributed by atoms with E-state index < -0.39 is 5.97 Å². The average molecular weight is 303 g/mol. The van der Waals surface area contributed by atoms with Crippen LogP contribution in [0.25, 0.3) is 11.0 Å². The number of ether oxygens (including phenoxy) is 1. The number of carboxylic acids is 1. The summed E-state index contributed by atoms with van der Waals surface area (Å²) < 4.78 is 10.5. The summed E-state index contributed by atoms with van der Waals surface area (Å²) in [6, 6.07) is 6.52. The Morgan fingerprint density at radius 1 is 1.32 bits per heavy atom. The molecule has 0 saturated carbocycles. The first-order chi connectivity index (χ1) is 10.6. The van der Waals surface area contributed by atoms with E-state index in [0.29, 0.717) is 29.0 Å². The third-order valence-corrected chi connectivity index (χ3v) is 3.81. The van der Waals surface area contributed by atoms with Gasteiger partial charge in [-0.25, -0.2) is 4.79 Å². The first kappa shape index (κ1) is 14.6. The summed E-state index contributed by atoms with van der Waals surface area (Å²) in [6.07, 6.45) is 2.30. The molecule has 2 N–H and O–H groups in total. The van der Waals surface area contributed by atoms with Crippen molar-refractivity contribution in [2.45, 2.75) is 19.3 Å². The molecule has 0 aliphatic carbocycles. The Kier molecular flexibility index (Phi) is 4.11. The monoisotopic (exact) mass is 303 g/mol. The number of hydrogen-bond donors (Lipinski definition) is 2. The summed E-state index contributed by atoms with van der Waals surface area (Å²) in [7, 11) is 0. The van der Waals surface area contributed by atoms with Gasteiger partial charge >= 0.3 is 5.97 Å². The highest BCUT2D eigenvalue weighted by Gasteiger charge is 2.17. The molecule has 0 radical (unpaired) electrons. The van der Waals surface area contributed by atoms with Crippen molar-refractivity contribution in [2.24, 2.45) is 5.92 Å². The molecule has 3 rings (SSSR count). The number of anilines is 1. The SMILES string of the molecule is O=C(CCC1CCOC1)Nc1ccc2oc(C(=O)O)cc2c1. The van der Waals surface area contributed by atoms with Crippen LogP contribution in [-0.2, 0) is 9.53 Å². The van der Waals surface area contributed by atoms with Crippen molar-refractivity contribution >= 4 is 28.5 Å². The van der Waals surface area contributed by atoms with Crippen molar-refractivity contribution in [1.29, 1.82) is 0 Å². The number of fused-ring (bicyclic) bond motifs is 1. The minimum absolute atomic E-state index is 0.0480. The van der Waals surface area contributed by atoms with Gasteiger partial charge in [0.05, 0.1) is 0 Å². The molecule has 22 heavy (non-hydrogen) atoms. The molecule has 1 fully saturated rings. The number of carbonyl (C=O) groups excluding carboxylic acids is 1. The second-order valence-electron chi connectivity index (χ2n) is 5.48. The summed E-state index contributed by atoms with van der Waals surface area (Å²) in [5.74, 6) is -0.797. The molecule has 1 aliphatic rings. The lowest BCUT2D eigenvalue weighted by atomic mass is 10.0. The molecule has 0 bridgehead atoms. The van der Waals surface area contributed by atoms with Gasteiger partial charge in [-0.1, -0.05) is 0 Å². The summed E-state index contributed by atoms with van der Waals surface area (Å²) in [5.41, 5.74) is 1.12. The van der Waals surface area contributed by atoms with Gasteiger partial charge in [-0.2, -0.15) is 0 Å². The average Bonchev–Trinajstić information content (AvgIpc) is 3.14. The van der Waals surface area contributed by atoms with E-state index in [9.17, 15) is 9.59 Å². The fraction of sp³-hybridized carbons (Fsp3) is 0.375. The normalized spacial score (nSPS) is 17.7. The highest BCUT2D eigenvalue weighted by molar-refractivity contribution is 5.95. The van der Waals surface area contributed by atoms with Crippen molar-refractivity contribution in [2.75, 3.05) is 18.5 Å². The molecule has 0 spiro atoms. The minimum atomic E-state index is -1.11. The van der Waals surface area contributed by atoms with E-state index in [2.05, 4.69) is 5.32 Å². The van der Waals surface area contributed by atoms with Gasteiger partial charge in [-0.15, -0.1) is 0 Å². The number of rotatable bonds is 5. The molecule has 1 amide bonds. The molecule has 1 atom stereocenters. The van der Waals surface area contributed by atoms with Crippen LogP contribution in [0.15, 0.2) is 28.7 Å². The minimum Gasteiger partial charge on any atom is -0.475 e. The van der Waals surface area contributed by atoms with Crippen LogP contribution in [0.5, 0.6) is 0 Å². The number of carbonyl (C=O) groups is 2. The number of amides is 1. The van der Waals surface area contributed by atoms with Gasteiger partial charge < -0.3 is 19.6 Å². The van der Waals surface area contributed by atoms with Crippen LogP contribution in [0.1, 0.15) is 29.8 Å². The molecular formula is C16H17NO5. The fourth-order valence-electron chi connectivity index (χ4n) is 2.60. The molecule has 1 unspecified atom stereocenters. The van der Waals surface area contributed by atoms with E-state index in [1.165, 1.54) is 6.07 Å². The molecular weight excluding hydrogens is 286 g/mol. The molecule has 1 aliphatic heterocycles. The van der Waals surface area contributed by atoms with Gasteiger partial charge in [0.25, 0.3) is 0 Å². The molecule has 1 aromatic heterocycles. The predicted molar refractivity (Wildman–Crippen MR) is 80.0 cm³/mol. The van der Waals surface area contributed by atoms with Gasteiger partial charge in [0.2, 0.25) is 11.7 Å². The second-order valence-corrected chi connectivity index (χ2v) is 5.48. The van der Waals surface area contributed by atoms with Gasteiger partial charge in [0.15, 0.2) is 0 Å². The van der Waals surface area contributed by atoms with Crippen molar-refractivity contribution in [3.63, 3.8) is 0 Å². The van der Waals surface area contributed by atoms with Crippen molar-refractivity contribution in [1.82, 2.24) is 0 Å². The molecule has 116 valence electrons. The summed E-state index contributed by atoms with van der Waals surface area (Å²) >= 11 is 0. The second kappa shape index (κ2) is 6.19. The summed E-state index contributed by atoms with van der Waals surface area (Å²) in [4.78, 5) is 22.8. The number of furan rings is 1. The Balaban J connectivity index is 1.62. The summed E-state index contributed by atoms with van der Waals surface area (Å²) in [6.45, 7) is 1.53. The Morgan fingerprint density at radius 3 is 2.91 bits per heavy atom. The zero-order valence-corrected chi connectivity index (χ0v) is 12.0. The lowest BCUT2D eigenvalue weighted by molar-refractivity contribution is -0.116. The maximum Gasteiger partial charge on any atom is 0.371 e. The van der Waals surface area contributed by atoms with E-state index in [-0.39, 0.29) is 11.7 Å². The lowest BCUT2D eigenvalue weighted by Crippen LogP contribution is -2.13. The van der Waals surface area contributed by atoms with Crippen LogP contribution < -0.4 is 5.32 Å². The quantitative estimate of drug-likeness (QED) is 0.886. The number of aromatic carboxylic acids is 1. The molecule has 2 aromatic rings. The number of carboxylic acid groups (broad SMARTS) is 1. The highest BCUT2D eigenvalue weighted by atomic mass is 16.5. The predicted octanol–water partition coefficient (Wildman–Crippen LogP) is 2.89. The Labute approximate surface area is 127 Å². The lowest BCUT2D eigenvalue weighted by Gasteiger charge is -2.08. The van der Waals surface area contributed by atoms with Crippen molar-refractivity contribution < 1.29 is 23.8 Å². The summed E-state index contributed by atoms with van der Waals surface area (Å²) in [5, 5.41) is 12.4. The Hall–Kier alpha value is -2.34. The van der Waals surface area contributed by atoms with E-state index in [0.717, 1.165) is 26.1 Å². The van der Waals surface area contributed by atoms with Crippen LogP contribution in [0, 0.1) is 5.92 Å². The molecule has 2 heterocycles. The van der Waals surface area contributed by atoms with E-state index >= 15 is 0 Å². The van der Waals surface area contributed by atoms with Gasteiger partial charge in [0.1, 0.15) is 5.58 Å². The van der Waals surface area contributed by atoms with E-state index in [4.69, 9.17) is 14.3 Å². The van der Waals surface area contributed by atoms with Crippen LogP contribution in [0.4, 0.5) is 5.69 Å². The molecule has 1 aromatic carbocycles. The van der Waals surface area contributed by atoms with Crippen molar-refractivity contribution in [3.8, 4) is 0 Å². The van der Waals surface area contributed by atoms with Crippen LogP contribution in [0.3, 0.4) is 0 Å². The zero-order chi connectivity index (χ0) is 15.5.